The lowest BCUT2D eigenvalue weighted by Crippen LogP contribution is -2.47. The highest BCUT2D eigenvalue weighted by Gasteiger charge is 2.43. The highest BCUT2D eigenvalue weighted by molar-refractivity contribution is 6.02. The second-order valence-electron chi connectivity index (χ2n) is 11.2. The van der Waals surface area contributed by atoms with Crippen molar-refractivity contribution in [3.63, 3.8) is 0 Å². The first kappa shape index (κ1) is 25.9. The van der Waals surface area contributed by atoms with E-state index in [1.54, 1.807) is 9.80 Å². The maximum atomic E-state index is 15.4. The third-order valence-electron chi connectivity index (χ3n) is 7.82. The van der Waals surface area contributed by atoms with Crippen molar-refractivity contribution in [1.82, 2.24) is 4.90 Å². The summed E-state index contributed by atoms with van der Waals surface area (Å²) in [7, 11) is 0. The number of halogens is 2. The molecule has 2 amide bonds. The van der Waals surface area contributed by atoms with Crippen molar-refractivity contribution in [1.29, 1.82) is 0 Å². The van der Waals surface area contributed by atoms with Crippen LogP contribution in [0.5, 0.6) is 0 Å². The number of anilines is 2. The maximum Gasteiger partial charge on any atom is 0.242 e. The van der Waals surface area contributed by atoms with Gasteiger partial charge in [-0.25, -0.2) is 8.78 Å². The maximum absolute atomic E-state index is 15.4. The van der Waals surface area contributed by atoms with Gasteiger partial charge in [-0.05, 0) is 42.9 Å². The average molecular weight is 523 g/mol. The van der Waals surface area contributed by atoms with E-state index < -0.39 is 17.7 Å². The molecule has 2 heterocycles. The molecule has 1 saturated heterocycles. The number of nitrogens with two attached hydrogens (primary N) is 1. The largest absolute Gasteiger partial charge is 0.369 e. The van der Waals surface area contributed by atoms with Crippen LogP contribution < -0.4 is 16.0 Å². The molecule has 0 bridgehead atoms. The van der Waals surface area contributed by atoms with Crippen LogP contribution in [0.2, 0.25) is 0 Å². The number of fused-ring (bicyclic) bond motifs is 1. The van der Waals surface area contributed by atoms with Crippen LogP contribution >= 0.6 is 0 Å². The summed E-state index contributed by atoms with van der Waals surface area (Å²) < 4.78 is 29.4. The number of Topliss-reactive ketones (excluding diaryl/α,β-unsaturated/α-hetero) is 1. The van der Waals surface area contributed by atoms with Gasteiger partial charge in [0.15, 0.2) is 5.78 Å². The van der Waals surface area contributed by atoms with E-state index in [0.29, 0.717) is 55.0 Å². The van der Waals surface area contributed by atoms with Gasteiger partial charge in [0.2, 0.25) is 11.8 Å². The number of carbonyl (C=O) groups is 3. The fraction of sp³-hybridized carbons (Fsp3) is 0.414. The molecule has 1 fully saturated rings. The van der Waals surface area contributed by atoms with Gasteiger partial charge < -0.3 is 20.9 Å². The molecule has 5 rings (SSSR count). The number of likely N-dealkylation sites (tertiary alicyclic amines) is 1. The summed E-state index contributed by atoms with van der Waals surface area (Å²) in [6.45, 7) is 4.66. The summed E-state index contributed by atoms with van der Waals surface area (Å²) in [6.07, 6.45) is 1.80. The van der Waals surface area contributed by atoms with Gasteiger partial charge in [-0.15, -0.1) is 0 Å². The Hall–Kier alpha value is -3.75. The molecule has 0 spiro atoms. The molecule has 0 saturated carbocycles. The van der Waals surface area contributed by atoms with Gasteiger partial charge in [0.05, 0.1) is 24.0 Å². The molecule has 2 aliphatic heterocycles. The highest BCUT2D eigenvalue weighted by Crippen LogP contribution is 2.48. The molecule has 200 valence electrons. The predicted molar refractivity (Wildman–Crippen MR) is 140 cm³/mol. The van der Waals surface area contributed by atoms with Gasteiger partial charge in [-0.1, -0.05) is 32.0 Å². The summed E-state index contributed by atoms with van der Waals surface area (Å²) in [5.74, 6) is -2.47. The highest BCUT2D eigenvalue weighted by atomic mass is 19.1. The molecule has 1 atom stereocenters. The first-order valence-corrected chi connectivity index (χ1v) is 12.9. The van der Waals surface area contributed by atoms with Crippen molar-refractivity contribution in [3.8, 4) is 0 Å². The van der Waals surface area contributed by atoms with Gasteiger partial charge in [-0.3, -0.25) is 14.4 Å². The van der Waals surface area contributed by atoms with Crippen molar-refractivity contribution in [3.05, 3.63) is 70.9 Å². The number of benzene rings is 2. The van der Waals surface area contributed by atoms with Gasteiger partial charge in [-0.2, -0.15) is 0 Å². The van der Waals surface area contributed by atoms with E-state index in [-0.39, 0.29) is 47.5 Å². The van der Waals surface area contributed by atoms with E-state index >= 15 is 4.39 Å². The Balaban J connectivity index is 1.61. The lowest BCUT2D eigenvalue weighted by atomic mass is 9.73. The molecule has 1 unspecified atom stereocenters. The van der Waals surface area contributed by atoms with Gasteiger partial charge >= 0.3 is 0 Å². The summed E-state index contributed by atoms with van der Waals surface area (Å²) in [5, 5.41) is 3.42. The number of rotatable bonds is 4. The number of nitrogens with zero attached hydrogens (tertiary/aromatic N) is 2. The molecular weight excluding hydrogens is 490 g/mol. The first-order valence-electron chi connectivity index (χ1n) is 12.9. The van der Waals surface area contributed by atoms with E-state index in [0.717, 1.165) is 6.07 Å². The minimum Gasteiger partial charge on any atom is -0.369 e. The van der Waals surface area contributed by atoms with Gasteiger partial charge in [0.1, 0.15) is 11.6 Å². The number of amides is 2. The van der Waals surface area contributed by atoms with Crippen LogP contribution in [0.15, 0.2) is 53.7 Å². The molecule has 2 aromatic rings. The number of para-hydroxylation sites is 2. The van der Waals surface area contributed by atoms with Crippen LogP contribution in [-0.4, -0.2) is 42.1 Å². The number of allylic oxidation sites excluding steroid dienone is 1. The van der Waals surface area contributed by atoms with E-state index in [1.165, 1.54) is 12.1 Å². The molecule has 1 aliphatic carbocycles. The third kappa shape index (κ3) is 4.89. The molecule has 7 nitrogen and oxygen atoms in total. The Morgan fingerprint density at radius 1 is 1.08 bits per heavy atom. The topological polar surface area (TPSA) is 95.7 Å². The van der Waals surface area contributed by atoms with Gasteiger partial charge in [0.25, 0.3) is 0 Å². The minimum atomic E-state index is -0.933. The van der Waals surface area contributed by atoms with Crippen molar-refractivity contribution < 1.29 is 23.2 Å². The summed E-state index contributed by atoms with van der Waals surface area (Å²) in [5.41, 5.74) is 7.70. The summed E-state index contributed by atoms with van der Waals surface area (Å²) >= 11 is 0. The van der Waals surface area contributed by atoms with Crippen LogP contribution in [-0.2, 0) is 14.4 Å². The lowest BCUT2D eigenvalue weighted by molar-refractivity contribution is -0.133. The van der Waals surface area contributed by atoms with E-state index in [9.17, 15) is 18.8 Å². The van der Waals surface area contributed by atoms with E-state index in [4.69, 9.17) is 5.73 Å². The van der Waals surface area contributed by atoms with Crippen molar-refractivity contribution in [2.45, 2.75) is 45.6 Å². The Labute approximate surface area is 220 Å². The fourth-order valence-corrected chi connectivity index (χ4v) is 5.93. The predicted octanol–water partition coefficient (Wildman–Crippen LogP) is 4.31. The molecule has 3 aliphatic rings. The quantitative estimate of drug-likeness (QED) is 0.624. The Bertz CT molecular complexity index is 1330. The Morgan fingerprint density at radius 3 is 2.47 bits per heavy atom. The first-order chi connectivity index (χ1) is 18.0. The molecule has 2 aromatic carbocycles. The number of primary amides is 1. The fourth-order valence-electron chi connectivity index (χ4n) is 5.93. The SMILES string of the molecule is CC1(C)CC(=O)C2=C(C1)Nc1ccccc1N(CC(=O)N1CCC(C(N)=O)CC1)C2c1ccc(F)cc1F. The number of ketones is 1. The second kappa shape index (κ2) is 9.85. The Kier molecular flexibility index (Phi) is 6.71. The third-order valence-corrected chi connectivity index (χ3v) is 7.82. The number of piperidine rings is 1. The molecule has 0 radical (unpaired) electrons. The number of nitrogens with one attached hydrogen (secondary N) is 1. The normalized spacial score (nSPS) is 21.4. The number of hydrogen-bond acceptors (Lipinski definition) is 5. The Morgan fingerprint density at radius 2 is 1.79 bits per heavy atom. The number of hydrogen-bond donors (Lipinski definition) is 2. The molecular formula is C29H32F2N4O3. The van der Waals surface area contributed by atoms with Crippen LogP contribution in [0.25, 0.3) is 0 Å². The zero-order valence-electron chi connectivity index (χ0n) is 21.6. The van der Waals surface area contributed by atoms with Crippen LogP contribution in [0.4, 0.5) is 20.2 Å². The van der Waals surface area contributed by atoms with Crippen molar-refractivity contribution in [2.75, 3.05) is 29.9 Å². The summed E-state index contributed by atoms with van der Waals surface area (Å²) in [4.78, 5) is 42.3. The summed E-state index contributed by atoms with van der Waals surface area (Å²) in [6, 6.07) is 9.79. The molecule has 38 heavy (non-hydrogen) atoms. The second-order valence-corrected chi connectivity index (χ2v) is 11.2. The van der Waals surface area contributed by atoms with Crippen LogP contribution in [0, 0.1) is 23.0 Å². The zero-order chi connectivity index (χ0) is 27.2. The van der Waals surface area contributed by atoms with E-state index in [2.05, 4.69) is 5.32 Å². The van der Waals surface area contributed by atoms with Crippen molar-refractivity contribution in [2.24, 2.45) is 17.1 Å². The molecule has 3 N–H and O–H groups in total. The molecule has 0 aromatic heterocycles. The van der Waals surface area contributed by atoms with Gasteiger partial charge in [0, 0.05) is 48.3 Å². The standard InChI is InChI=1S/C29H32F2N4O3/c1-29(2)14-22-26(24(36)15-29)27(19-8-7-18(30)13-20(19)31)35(23-6-4-3-5-21(23)33-22)16-25(37)34-11-9-17(10-12-34)28(32)38/h3-8,13,17,27,33H,9-12,14-16H2,1-2H3,(H2,32,38). The average Bonchev–Trinajstić information content (AvgIpc) is 2.98. The minimum absolute atomic E-state index is 0.130. The number of carbonyl (C=O) groups excluding carboxylic acids is 3. The van der Waals surface area contributed by atoms with Crippen LogP contribution in [0.1, 0.15) is 51.1 Å². The monoisotopic (exact) mass is 522 g/mol. The lowest BCUT2D eigenvalue weighted by Gasteiger charge is -2.39. The van der Waals surface area contributed by atoms with Crippen LogP contribution in [0.3, 0.4) is 0 Å². The zero-order valence-corrected chi connectivity index (χ0v) is 21.6. The molecule has 9 heteroatoms. The van der Waals surface area contributed by atoms with E-state index in [1.807, 2.05) is 38.1 Å². The van der Waals surface area contributed by atoms with Crippen molar-refractivity contribution >= 4 is 29.0 Å². The smallest absolute Gasteiger partial charge is 0.242 e.